The van der Waals surface area contributed by atoms with Crippen LogP contribution in [0.3, 0.4) is 0 Å². The first kappa shape index (κ1) is 13.2. The standard InChI is InChI=1S/C15H25N/c1-6-11(2)14(5)16-13(4)10-12(3)15-8-7-9-15/h10-11,15H,3,6-9H2,1-2,4-5H3/b13-10-,16-14-. The topological polar surface area (TPSA) is 12.4 Å². The number of hydrogen-bond donors (Lipinski definition) is 0. The number of rotatable bonds is 5. The predicted molar refractivity (Wildman–Crippen MR) is 72.8 cm³/mol. The summed E-state index contributed by atoms with van der Waals surface area (Å²) in [6, 6.07) is 0. The second-order valence-corrected chi connectivity index (χ2v) is 5.05. The van der Waals surface area contributed by atoms with Gasteiger partial charge in [0.25, 0.3) is 0 Å². The monoisotopic (exact) mass is 219 g/mol. The Bertz CT molecular complexity index is 305. The maximum Gasteiger partial charge on any atom is 0.0374 e. The summed E-state index contributed by atoms with van der Waals surface area (Å²) < 4.78 is 0. The van der Waals surface area contributed by atoms with Gasteiger partial charge in [0.15, 0.2) is 0 Å². The van der Waals surface area contributed by atoms with Gasteiger partial charge in [0, 0.05) is 11.4 Å². The van der Waals surface area contributed by atoms with E-state index < -0.39 is 0 Å². The summed E-state index contributed by atoms with van der Waals surface area (Å²) in [5.41, 5.74) is 3.61. The van der Waals surface area contributed by atoms with E-state index in [0.717, 1.165) is 18.0 Å². The highest BCUT2D eigenvalue weighted by atomic mass is 14.7. The smallest absolute Gasteiger partial charge is 0.0374 e. The van der Waals surface area contributed by atoms with E-state index in [1.165, 1.54) is 30.5 Å². The van der Waals surface area contributed by atoms with Crippen LogP contribution in [-0.2, 0) is 0 Å². The Labute approximate surface area is 100 Å². The van der Waals surface area contributed by atoms with E-state index in [1.807, 2.05) is 0 Å². The van der Waals surface area contributed by atoms with Gasteiger partial charge < -0.3 is 0 Å². The van der Waals surface area contributed by atoms with E-state index in [4.69, 9.17) is 0 Å². The van der Waals surface area contributed by atoms with E-state index in [9.17, 15) is 0 Å². The molecule has 1 atom stereocenters. The van der Waals surface area contributed by atoms with Crippen LogP contribution < -0.4 is 0 Å². The van der Waals surface area contributed by atoms with Gasteiger partial charge in [-0.25, -0.2) is 0 Å². The molecule has 16 heavy (non-hydrogen) atoms. The van der Waals surface area contributed by atoms with Crippen LogP contribution in [0.25, 0.3) is 0 Å². The molecule has 0 aromatic heterocycles. The SMILES string of the molecule is C=C(/C=C(C)\N=C(\C)C(C)CC)C1CCC1. The van der Waals surface area contributed by atoms with Gasteiger partial charge >= 0.3 is 0 Å². The van der Waals surface area contributed by atoms with Crippen LogP contribution >= 0.6 is 0 Å². The molecule has 1 nitrogen and oxygen atoms in total. The third-order valence-electron chi connectivity index (χ3n) is 3.70. The van der Waals surface area contributed by atoms with Gasteiger partial charge in [-0.3, -0.25) is 4.99 Å². The van der Waals surface area contributed by atoms with Gasteiger partial charge in [0.1, 0.15) is 0 Å². The summed E-state index contributed by atoms with van der Waals surface area (Å²) in [5.74, 6) is 1.31. The van der Waals surface area contributed by atoms with Crippen LogP contribution in [0, 0.1) is 11.8 Å². The van der Waals surface area contributed by atoms with Crippen molar-refractivity contribution in [3.05, 3.63) is 23.9 Å². The zero-order chi connectivity index (χ0) is 12.1. The van der Waals surface area contributed by atoms with E-state index in [-0.39, 0.29) is 0 Å². The highest BCUT2D eigenvalue weighted by Gasteiger charge is 2.18. The molecular formula is C15H25N. The summed E-state index contributed by atoms with van der Waals surface area (Å²) in [6.07, 6.45) is 7.32. The number of hydrogen-bond acceptors (Lipinski definition) is 1. The van der Waals surface area contributed by atoms with Crippen LogP contribution in [-0.4, -0.2) is 5.71 Å². The number of nitrogens with zero attached hydrogens (tertiary/aromatic N) is 1. The molecule has 0 radical (unpaired) electrons. The lowest BCUT2D eigenvalue weighted by molar-refractivity contribution is 0.375. The summed E-state index contributed by atoms with van der Waals surface area (Å²) >= 11 is 0. The molecular weight excluding hydrogens is 194 g/mol. The fraction of sp³-hybridized carbons (Fsp3) is 0.667. The molecule has 1 unspecified atom stereocenters. The fourth-order valence-corrected chi connectivity index (χ4v) is 1.88. The van der Waals surface area contributed by atoms with Gasteiger partial charge in [-0.1, -0.05) is 32.4 Å². The largest absolute Gasteiger partial charge is 0.263 e. The summed E-state index contributed by atoms with van der Waals surface area (Å²) in [6.45, 7) is 12.8. The molecule has 90 valence electrons. The Morgan fingerprint density at radius 1 is 1.44 bits per heavy atom. The highest BCUT2D eigenvalue weighted by molar-refractivity contribution is 5.84. The van der Waals surface area contributed by atoms with Crippen LogP contribution in [0.15, 0.2) is 28.9 Å². The molecule has 0 amide bonds. The van der Waals surface area contributed by atoms with Crippen molar-refractivity contribution in [2.24, 2.45) is 16.8 Å². The molecule has 0 aromatic rings. The van der Waals surface area contributed by atoms with Gasteiger partial charge in [-0.2, -0.15) is 0 Å². The third-order valence-corrected chi connectivity index (χ3v) is 3.70. The van der Waals surface area contributed by atoms with Gasteiger partial charge in [-0.15, -0.1) is 0 Å². The normalized spacial score (nSPS) is 20.5. The first-order valence-corrected chi connectivity index (χ1v) is 6.46. The molecule has 1 fully saturated rings. The Morgan fingerprint density at radius 2 is 2.06 bits per heavy atom. The summed E-state index contributed by atoms with van der Waals surface area (Å²) in [7, 11) is 0. The van der Waals surface area contributed by atoms with Crippen LogP contribution in [0.5, 0.6) is 0 Å². The highest BCUT2D eigenvalue weighted by Crippen LogP contribution is 2.33. The molecule has 0 N–H and O–H groups in total. The molecule has 0 bridgehead atoms. The summed E-state index contributed by atoms with van der Waals surface area (Å²) in [5, 5.41) is 0. The molecule has 1 rings (SSSR count). The molecule has 1 saturated carbocycles. The summed E-state index contributed by atoms with van der Waals surface area (Å²) in [4.78, 5) is 4.65. The molecule has 1 aliphatic carbocycles. The van der Waals surface area contributed by atoms with Crippen LogP contribution in [0.2, 0.25) is 0 Å². The Kier molecular flexibility index (Phi) is 4.98. The van der Waals surface area contributed by atoms with Crippen molar-refractivity contribution in [3.63, 3.8) is 0 Å². The minimum atomic E-state index is 0.584. The van der Waals surface area contributed by atoms with Crippen molar-refractivity contribution in [2.45, 2.75) is 53.4 Å². The van der Waals surface area contributed by atoms with Crippen molar-refractivity contribution >= 4 is 5.71 Å². The number of allylic oxidation sites excluding steroid dienone is 3. The van der Waals surface area contributed by atoms with E-state index in [0.29, 0.717) is 5.92 Å². The second kappa shape index (κ2) is 6.03. The van der Waals surface area contributed by atoms with Crippen molar-refractivity contribution in [3.8, 4) is 0 Å². The fourth-order valence-electron chi connectivity index (χ4n) is 1.88. The van der Waals surface area contributed by atoms with Crippen LogP contribution in [0.1, 0.15) is 53.4 Å². The van der Waals surface area contributed by atoms with E-state index >= 15 is 0 Å². The van der Waals surface area contributed by atoms with Crippen LogP contribution in [0.4, 0.5) is 0 Å². The molecule has 0 heterocycles. The lowest BCUT2D eigenvalue weighted by Gasteiger charge is -2.26. The zero-order valence-electron chi connectivity index (χ0n) is 11.2. The first-order chi connectivity index (χ1) is 7.54. The minimum absolute atomic E-state index is 0.584. The Morgan fingerprint density at radius 3 is 2.50 bits per heavy atom. The maximum absolute atomic E-state index is 4.65. The van der Waals surface area contributed by atoms with E-state index in [2.05, 4.69) is 45.3 Å². The second-order valence-electron chi connectivity index (χ2n) is 5.05. The van der Waals surface area contributed by atoms with Crippen molar-refractivity contribution in [1.82, 2.24) is 0 Å². The predicted octanol–water partition coefficient (Wildman–Crippen LogP) is 4.75. The molecule has 0 aromatic carbocycles. The van der Waals surface area contributed by atoms with Gasteiger partial charge in [0.05, 0.1) is 0 Å². The number of aliphatic imine (C=N–C) groups is 1. The quantitative estimate of drug-likeness (QED) is 0.467. The Hall–Kier alpha value is -0.850. The van der Waals surface area contributed by atoms with Gasteiger partial charge in [0.2, 0.25) is 0 Å². The average Bonchev–Trinajstić information content (AvgIpc) is 2.12. The molecule has 0 spiro atoms. The van der Waals surface area contributed by atoms with E-state index in [1.54, 1.807) is 0 Å². The molecule has 0 aliphatic heterocycles. The molecule has 1 heteroatoms. The van der Waals surface area contributed by atoms with Crippen molar-refractivity contribution < 1.29 is 0 Å². The van der Waals surface area contributed by atoms with Crippen molar-refractivity contribution in [1.29, 1.82) is 0 Å². The Balaban J connectivity index is 2.58. The molecule has 0 saturated heterocycles. The lowest BCUT2D eigenvalue weighted by atomic mass is 9.80. The third kappa shape index (κ3) is 3.62. The van der Waals surface area contributed by atoms with Crippen molar-refractivity contribution in [2.75, 3.05) is 0 Å². The minimum Gasteiger partial charge on any atom is -0.263 e. The lowest BCUT2D eigenvalue weighted by Crippen LogP contribution is -2.12. The van der Waals surface area contributed by atoms with Gasteiger partial charge in [-0.05, 0) is 51.0 Å². The molecule has 1 aliphatic rings. The first-order valence-electron chi connectivity index (χ1n) is 6.46. The maximum atomic E-state index is 4.65. The average molecular weight is 219 g/mol. The zero-order valence-corrected chi connectivity index (χ0v) is 11.2.